The highest BCUT2D eigenvalue weighted by atomic mass is 31.2. The van der Waals surface area contributed by atoms with Crippen LogP contribution in [0.25, 0.3) is 0 Å². The molecule has 0 aromatic carbocycles. The zero-order valence-electron chi connectivity index (χ0n) is 42.3. The molecule has 0 rings (SSSR count). The summed E-state index contributed by atoms with van der Waals surface area (Å²) in [7, 11) is 1.27. The Hall–Kier alpha value is -3.36. The van der Waals surface area contributed by atoms with Crippen molar-refractivity contribution in [1.82, 2.24) is 5.32 Å². The van der Waals surface area contributed by atoms with Crippen LogP contribution in [0.15, 0.2) is 134 Å². The van der Waals surface area contributed by atoms with E-state index >= 15 is 0 Å². The van der Waals surface area contributed by atoms with Gasteiger partial charge in [-0.05, 0) is 96.3 Å². The monoisotopic (exact) mass is 935 g/mol. The maximum atomic E-state index is 12.7. The van der Waals surface area contributed by atoms with Gasteiger partial charge >= 0.3 is 0 Å². The quantitative estimate of drug-likeness (QED) is 0.0273. The number of rotatable bonds is 44. The maximum absolute atomic E-state index is 12.7. The normalized spacial score (nSPS) is 15.2. The van der Waals surface area contributed by atoms with Crippen LogP contribution < -0.4 is 10.2 Å². The van der Waals surface area contributed by atoms with Crippen molar-refractivity contribution < 1.29 is 32.9 Å². The molecular weight excluding hydrogens is 840 g/mol. The molecule has 0 saturated carbocycles. The maximum Gasteiger partial charge on any atom is 0.268 e. The Labute approximate surface area is 405 Å². The van der Waals surface area contributed by atoms with E-state index in [9.17, 15) is 19.4 Å². The lowest BCUT2D eigenvalue weighted by atomic mass is 10.0. The molecule has 0 aliphatic heterocycles. The summed E-state index contributed by atoms with van der Waals surface area (Å²) < 4.78 is 22.9. The number of likely N-dealkylation sites (N-methyl/N-ethyl adjacent to an activating group) is 1. The van der Waals surface area contributed by atoms with Gasteiger partial charge in [0, 0.05) is 6.42 Å². The molecule has 0 aromatic rings. The van der Waals surface area contributed by atoms with Gasteiger partial charge in [0.25, 0.3) is 7.82 Å². The van der Waals surface area contributed by atoms with Gasteiger partial charge in [0.1, 0.15) is 13.2 Å². The van der Waals surface area contributed by atoms with Crippen molar-refractivity contribution in [3.05, 3.63) is 134 Å². The molecule has 1 amide bonds. The van der Waals surface area contributed by atoms with E-state index in [2.05, 4.69) is 153 Å². The molecule has 9 heteroatoms. The van der Waals surface area contributed by atoms with Crippen molar-refractivity contribution in [2.75, 3.05) is 40.9 Å². The minimum absolute atomic E-state index is 0.00114. The summed E-state index contributed by atoms with van der Waals surface area (Å²) in [5, 5.41) is 13.6. The lowest BCUT2D eigenvalue weighted by Gasteiger charge is -2.30. The largest absolute Gasteiger partial charge is 0.756 e. The van der Waals surface area contributed by atoms with Gasteiger partial charge in [0.2, 0.25) is 5.91 Å². The van der Waals surface area contributed by atoms with Crippen LogP contribution in [-0.2, 0) is 18.4 Å². The highest BCUT2D eigenvalue weighted by Crippen LogP contribution is 2.38. The molecular formula is C57H95N2O6P. The first kappa shape index (κ1) is 62.6. The molecule has 0 radical (unpaired) electrons. The molecule has 0 aliphatic rings. The smallest absolute Gasteiger partial charge is 0.268 e. The lowest BCUT2D eigenvalue weighted by Crippen LogP contribution is -2.46. The van der Waals surface area contributed by atoms with Crippen LogP contribution in [0.1, 0.15) is 168 Å². The summed E-state index contributed by atoms with van der Waals surface area (Å²) in [6, 6.07) is -0.811. The first-order chi connectivity index (χ1) is 32.0. The number of nitrogens with one attached hydrogen (secondary N) is 1. The third-order valence-corrected chi connectivity index (χ3v) is 11.4. The third-order valence-electron chi connectivity index (χ3n) is 10.4. The number of unbranched alkanes of at least 4 members (excludes halogenated alkanes) is 9. The Kier molecular flexibility index (Phi) is 44.4. The van der Waals surface area contributed by atoms with Gasteiger partial charge in [-0.15, -0.1) is 0 Å². The van der Waals surface area contributed by atoms with Crippen LogP contribution in [0.4, 0.5) is 0 Å². The van der Waals surface area contributed by atoms with Crippen molar-refractivity contribution >= 4 is 13.7 Å². The standard InChI is InChI=1S/C57H95N2O6P/c1-6-8-10-11-12-13-14-15-16-17-18-19-20-21-22-23-24-25-26-27-28-29-30-31-32-33-34-35-36-37-38-39-40-41-42-43-44-45-46-47-49-51-57(61)58-55(56(60)50-48-9-7-2)54-65-66(62,63)64-53-52-59(3,4)5/h8,10,12-13,15-16,18-19,21-22,24-25,27-28,30-31,33-34,36-37,39-40,55-56,60H,6-7,9,11,14,17,20,23,26,29,32,35,38,41-54H2,1-5H3,(H-,58,61,62,63)/b10-8-,13-12-,16-15-,19-18-,22-21-,25-24-,28-27-,31-30-,34-33-,37-36-,40-39-. The highest BCUT2D eigenvalue weighted by molar-refractivity contribution is 7.45. The van der Waals surface area contributed by atoms with Crippen LogP contribution in [0, 0.1) is 0 Å². The van der Waals surface area contributed by atoms with Crippen molar-refractivity contribution in [1.29, 1.82) is 0 Å². The van der Waals surface area contributed by atoms with Crippen LogP contribution in [0.5, 0.6) is 0 Å². The number of hydrogen-bond acceptors (Lipinski definition) is 6. The molecule has 3 atom stereocenters. The topological polar surface area (TPSA) is 108 Å². The first-order valence-corrected chi connectivity index (χ1v) is 27.0. The predicted molar refractivity (Wildman–Crippen MR) is 283 cm³/mol. The van der Waals surface area contributed by atoms with Gasteiger partial charge in [-0.3, -0.25) is 9.36 Å². The Balaban J connectivity index is 3.90. The number of aliphatic hydroxyl groups is 1. The van der Waals surface area contributed by atoms with Gasteiger partial charge < -0.3 is 28.8 Å². The van der Waals surface area contributed by atoms with Gasteiger partial charge in [-0.25, -0.2) is 0 Å². The Morgan fingerprint density at radius 1 is 0.545 bits per heavy atom. The number of carbonyl (C=O) groups is 1. The molecule has 0 spiro atoms. The Morgan fingerprint density at radius 2 is 0.924 bits per heavy atom. The summed E-state index contributed by atoms with van der Waals surface area (Å²) in [5.41, 5.74) is 0. The molecule has 0 aliphatic carbocycles. The second-order valence-corrected chi connectivity index (χ2v) is 19.2. The molecule has 3 unspecified atom stereocenters. The van der Waals surface area contributed by atoms with Gasteiger partial charge in [-0.1, -0.05) is 199 Å². The number of aliphatic hydroxyl groups excluding tert-OH is 1. The number of hydrogen-bond donors (Lipinski definition) is 2. The second kappa shape index (κ2) is 46.7. The highest BCUT2D eigenvalue weighted by Gasteiger charge is 2.24. The van der Waals surface area contributed by atoms with Crippen LogP contribution >= 0.6 is 7.82 Å². The van der Waals surface area contributed by atoms with Crippen molar-refractivity contribution in [2.45, 2.75) is 180 Å². The summed E-state index contributed by atoms with van der Waals surface area (Å²) >= 11 is 0. The molecule has 8 nitrogen and oxygen atoms in total. The Bertz CT molecular complexity index is 1530. The molecule has 0 aromatic heterocycles. The van der Waals surface area contributed by atoms with Crippen molar-refractivity contribution in [3.8, 4) is 0 Å². The second-order valence-electron chi connectivity index (χ2n) is 17.8. The summed E-state index contributed by atoms with van der Waals surface area (Å²) in [6.07, 6.45) is 71.5. The predicted octanol–water partition coefficient (Wildman–Crippen LogP) is 14.6. The number of phosphoric acid groups is 1. The van der Waals surface area contributed by atoms with Crippen LogP contribution in [-0.4, -0.2) is 68.5 Å². The van der Waals surface area contributed by atoms with Crippen molar-refractivity contribution in [3.63, 3.8) is 0 Å². The fourth-order valence-corrected chi connectivity index (χ4v) is 7.12. The number of amides is 1. The average Bonchev–Trinajstić information content (AvgIpc) is 3.27. The molecule has 2 N–H and O–H groups in total. The SMILES string of the molecule is CC/C=C\C/C=C\C/C=C\C/C=C\C/C=C\C/C=C\C/C=C\C/C=C\C/C=C\C/C=C\C/C=C\CCCCCCCCCC(=O)NC(COP(=O)([O-])OCC[N+](C)(C)C)C(O)CCCCC. The number of carbonyl (C=O) groups excluding carboxylic acids is 1. The van der Waals surface area contributed by atoms with E-state index in [1.807, 2.05) is 21.1 Å². The minimum Gasteiger partial charge on any atom is -0.756 e. The fraction of sp³-hybridized carbons (Fsp3) is 0.596. The fourth-order valence-electron chi connectivity index (χ4n) is 6.39. The first-order valence-electron chi connectivity index (χ1n) is 25.5. The molecule has 0 saturated heterocycles. The zero-order valence-corrected chi connectivity index (χ0v) is 43.2. The van der Waals surface area contributed by atoms with Gasteiger partial charge in [-0.2, -0.15) is 0 Å². The average molecular weight is 935 g/mol. The molecule has 0 bridgehead atoms. The van der Waals surface area contributed by atoms with E-state index in [-0.39, 0.29) is 19.1 Å². The van der Waals surface area contributed by atoms with E-state index < -0.39 is 20.0 Å². The zero-order chi connectivity index (χ0) is 48.5. The van der Waals surface area contributed by atoms with Gasteiger partial charge in [0.05, 0.1) is 39.9 Å². The molecule has 0 fully saturated rings. The number of quaternary nitrogens is 1. The van der Waals surface area contributed by atoms with E-state index in [0.717, 1.165) is 122 Å². The number of allylic oxidation sites excluding steroid dienone is 22. The van der Waals surface area contributed by atoms with Crippen LogP contribution in [0.3, 0.4) is 0 Å². The van der Waals surface area contributed by atoms with E-state index in [0.29, 0.717) is 23.9 Å². The third kappa shape index (κ3) is 48.6. The van der Waals surface area contributed by atoms with Gasteiger partial charge in [0.15, 0.2) is 0 Å². The summed E-state index contributed by atoms with van der Waals surface area (Å²) in [4.78, 5) is 25.0. The van der Waals surface area contributed by atoms with Crippen LogP contribution in [0.2, 0.25) is 0 Å². The number of phosphoric ester groups is 1. The summed E-state index contributed by atoms with van der Waals surface area (Å²) in [6.45, 7) is 4.39. The van der Waals surface area contributed by atoms with Crippen molar-refractivity contribution in [2.24, 2.45) is 0 Å². The lowest BCUT2D eigenvalue weighted by molar-refractivity contribution is -0.870. The van der Waals surface area contributed by atoms with E-state index in [1.54, 1.807) is 0 Å². The Morgan fingerprint density at radius 3 is 1.32 bits per heavy atom. The molecule has 66 heavy (non-hydrogen) atoms. The summed E-state index contributed by atoms with van der Waals surface area (Å²) in [5.74, 6) is -0.195. The number of nitrogens with zero attached hydrogens (tertiary/aromatic N) is 1. The van der Waals surface area contributed by atoms with E-state index in [1.165, 1.54) is 19.3 Å². The van der Waals surface area contributed by atoms with E-state index in [4.69, 9.17) is 9.05 Å². The molecule has 0 heterocycles. The molecule has 374 valence electrons. The minimum atomic E-state index is -4.55.